The molecule has 1 fully saturated rings. The number of hydrogen-bond acceptors (Lipinski definition) is 5. The topological polar surface area (TPSA) is 77.1 Å². The van der Waals surface area contributed by atoms with E-state index in [0.717, 1.165) is 17.7 Å². The van der Waals surface area contributed by atoms with E-state index in [1.165, 1.54) is 5.56 Å². The number of methoxy groups -OCH3 is 3. The molecule has 0 saturated carbocycles. The molecule has 2 aromatic rings. The van der Waals surface area contributed by atoms with Gasteiger partial charge in [-0.2, -0.15) is 0 Å². The third-order valence-electron chi connectivity index (χ3n) is 5.34. The molecule has 0 unspecified atom stereocenters. The van der Waals surface area contributed by atoms with Crippen molar-refractivity contribution in [2.45, 2.75) is 26.3 Å². The van der Waals surface area contributed by atoms with E-state index in [2.05, 4.69) is 12.2 Å². The zero-order valence-corrected chi connectivity index (χ0v) is 17.9. The summed E-state index contributed by atoms with van der Waals surface area (Å²) in [6.07, 6.45) is 1.15. The molecule has 1 aliphatic rings. The first-order valence-corrected chi connectivity index (χ1v) is 9.96. The van der Waals surface area contributed by atoms with Gasteiger partial charge in [-0.25, -0.2) is 0 Å². The van der Waals surface area contributed by atoms with Crippen LogP contribution in [-0.4, -0.2) is 39.7 Å². The molecule has 1 atom stereocenters. The Bertz CT molecular complexity index is 885. The lowest BCUT2D eigenvalue weighted by molar-refractivity contribution is -0.126. The molecule has 0 spiro atoms. The van der Waals surface area contributed by atoms with Crippen molar-refractivity contribution in [3.63, 3.8) is 0 Å². The van der Waals surface area contributed by atoms with Crippen LogP contribution in [0.5, 0.6) is 17.2 Å². The van der Waals surface area contributed by atoms with Crippen LogP contribution in [0.1, 0.15) is 24.5 Å². The molecule has 1 N–H and O–H groups in total. The number of benzene rings is 2. The van der Waals surface area contributed by atoms with Gasteiger partial charge in [-0.3, -0.25) is 9.59 Å². The van der Waals surface area contributed by atoms with Crippen LogP contribution in [0, 0.1) is 5.92 Å². The molecule has 2 amide bonds. The molecule has 7 nitrogen and oxygen atoms in total. The average molecular weight is 412 g/mol. The number of amides is 2. The minimum Gasteiger partial charge on any atom is -0.493 e. The van der Waals surface area contributed by atoms with Crippen molar-refractivity contribution in [2.75, 3.05) is 32.8 Å². The Hall–Kier alpha value is -3.22. The second kappa shape index (κ2) is 9.52. The van der Waals surface area contributed by atoms with E-state index in [1.807, 2.05) is 24.3 Å². The van der Waals surface area contributed by atoms with Gasteiger partial charge < -0.3 is 24.4 Å². The molecule has 0 aromatic heterocycles. The molecule has 0 bridgehead atoms. The highest BCUT2D eigenvalue weighted by Gasteiger charge is 2.35. The van der Waals surface area contributed by atoms with Gasteiger partial charge in [0.1, 0.15) is 0 Å². The number of ether oxygens (including phenoxy) is 3. The summed E-state index contributed by atoms with van der Waals surface area (Å²) >= 11 is 0. The Balaban J connectivity index is 1.65. The first kappa shape index (κ1) is 21.5. The van der Waals surface area contributed by atoms with E-state index in [4.69, 9.17) is 14.2 Å². The van der Waals surface area contributed by atoms with Crippen LogP contribution < -0.4 is 24.4 Å². The van der Waals surface area contributed by atoms with E-state index >= 15 is 0 Å². The second-order valence-corrected chi connectivity index (χ2v) is 7.18. The smallest absolute Gasteiger partial charge is 0.227 e. The predicted octanol–water partition coefficient (Wildman–Crippen LogP) is 2.94. The van der Waals surface area contributed by atoms with Crippen molar-refractivity contribution < 1.29 is 23.8 Å². The van der Waals surface area contributed by atoms with Gasteiger partial charge in [-0.05, 0) is 41.8 Å². The minimum absolute atomic E-state index is 0.0350. The maximum absolute atomic E-state index is 12.7. The zero-order valence-electron chi connectivity index (χ0n) is 17.9. The summed E-state index contributed by atoms with van der Waals surface area (Å²) in [5, 5.41) is 2.92. The van der Waals surface area contributed by atoms with E-state index in [9.17, 15) is 9.59 Å². The van der Waals surface area contributed by atoms with Gasteiger partial charge in [0.25, 0.3) is 0 Å². The Kier molecular flexibility index (Phi) is 6.82. The van der Waals surface area contributed by atoms with Gasteiger partial charge in [0.2, 0.25) is 17.6 Å². The van der Waals surface area contributed by atoms with Crippen molar-refractivity contribution in [3.05, 3.63) is 47.5 Å². The van der Waals surface area contributed by atoms with Crippen LogP contribution in [0.25, 0.3) is 0 Å². The van der Waals surface area contributed by atoms with Crippen molar-refractivity contribution in [2.24, 2.45) is 5.92 Å². The number of rotatable bonds is 8. The van der Waals surface area contributed by atoms with Crippen LogP contribution in [0.4, 0.5) is 5.69 Å². The number of carbonyl (C=O) groups is 2. The predicted molar refractivity (Wildman–Crippen MR) is 114 cm³/mol. The maximum Gasteiger partial charge on any atom is 0.227 e. The first-order valence-electron chi connectivity index (χ1n) is 9.96. The largest absolute Gasteiger partial charge is 0.493 e. The minimum atomic E-state index is -0.384. The summed E-state index contributed by atoms with van der Waals surface area (Å²) < 4.78 is 16.0. The van der Waals surface area contributed by atoms with Gasteiger partial charge >= 0.3 is 0 Å². The van der Waals surface area contributed by atoms with Crippen LogP contribution in [0.2, 0.25) is 0 Å². The Morgan fingerprint density at radius 3 is 2.20 bits per heavy atom. The third-order valence-corrected chi connectivity index (χ3v) is 5.34. The first-order chi connectivity index (χ1) is 14.5. The molecular weight excluding hydrogens is 384 g/mol. The Morgan fingerprint density at radius 2 is 1.67 bits per heavy atom. The number of anilines is 1. The molecule has 1 saturated heterocycles. The molecule has 3 rings (SSSR count). The highest BCUT2D eigenvalue weighted by atomic mass is 16.5. The standard InChI is InChI=1S/C23H28N2O5/c1-5-15-6-8-18(9-7-15)25-14-17(12-21(25)26)23(27)24-13-16-10-19(28-2)22(30-4)20(11-16)29-3/h6-11,17H,5,12-14H2,1-4H3,(H,24,27)/t17-/m1/s1. The van der Waals surface area contributed by atoms with Gasteiger partial charge in [0.05, 0.1) is 27.2 Å². The number of nitrogens with zero attached hydrogens (tertiary/aromatic N) is 1. The molecule has 7 heteroatoms. The number of nitrogens with one attached hydrogen (secondary N) is 1. The summed E-state index contributed by atoms with van der Waals surface area (Å²) in [4.78, 5) is 26.8. The van der Waals surface area contributed by atoms with Crippen molar-refractivity contribution in [1.82, 2.24) is 5.32 Å². The van der Waals surface area contributed by atoms with Crippen LogP contribution in [-0.2, 0) is 22.6 Å². The van der Waals surface area contributed by atoms with Crippen molar-refractivity contribution in [1.29, 1.82) is 0 Å². The number of carbonyl (C=O) groups excluding carboxylic acids is 2. The second-order valence-electron chi connectivity index (χ2n) is 7.18. The summed E-state index contributed by atoms with van der Waals surface area (Å²) in [6.45, 7) is 2.77. The number of aryl methyl sites for hydroxylation is 1. The highest BCUT2D eigenvalue weighted by molar-refractivity contribution is 6.00. The highest BCUT2D eigenvalue weighted by Crippen LogP contribution is 2.38. The van der Waals surface area contributed by atoms with Crippen LogP contribution in [0.3, 0.4) is 0 Å². The molecule has 0 aliphatic carbocycles. The summed E-state index contributed by atoms with van der Waals surface area (Å²) in [6, 6.07) is 11.5. The summed E-state index contributed by atoms with van der Waals surface area (Å²) in [5.41, 5.74) is 2.86. The maximum atomic E-state index is 12.7. The van der Waals surface area contributed by atoms with Gasteiger partial charge in [-0.1, -0.05) is 19.1 Å². The number of hydrogen-bond donors (Lipinski definition) is 1. The van der Waals surface area contributed by atoms with E-state index in [1.54, 1.807) is 38.4 Å². The quantitative estimate of drug-likeness (QED) is 0.721. The molecule has 1 heterocycles. The SMILES string of the molecule is CCc1ccc(N2C[C@H](C(=O)NCc3cc(OC)c(OC)c(OC)c3)CC2=O)cc1. The molecule has 30 heavy (non-hydrogen) atoms. The molecule has 2 aromatic carbocycles. The lowest BCUT2D eigenvalue weighted by Crippen LogP contribution is -2.32. The lowest BCUT2D eigenvalue weighted by Gasteiger charge is -2.17. The summed E-state index contributed by atoms with van der Waals surface area (Å²) in [7, 11) is 4.64. The fourth-order valence-electron chi connectivity index (χ4n) is 3.62. The van der Waals surface area contributed by atoms with Crippen LogP contribution in [0.15, 0.2) is 36.4 Å². The van der Waals surface area contributed by atoms with Gasteiger partial charge in [0, 0.05) is 25.2 Å². The van der Waals surface area contributed by atoms with Gasteiger partial charge in [0.15, 0.2) is 11.5 Å². The monoisotopic (exact) mass is 412 g/mol. The average Bonchev–Trinajstić information content (AvgIpc) is 3.18. The van der Waals surface area contributed by atoms with Crippen LogP contribution >= 0.6 is 0 Å². The fraction of sp³-hybridized carbons (Fsp3) is 0.391. The molecular formula is C23H28N2O5. The molecule has 0 radical (unpaired) electrons. The fourth-order valence-corrected chi connectivity index (χ4v) is 3.62. The molecule has 1 aliphatic heterocycles. The van der Waals surface area contributed by atoms with Crippen molar-refractivity contribution >= 4 is 17.5 Å². The third kappa shape index (κ3) is 4.50. The Morgan fingerprint density at radius 1 is 1.03 bits per heavy atom. The molecule has 160 valence electrons. The van der Waals surface area contributed by atoms with E-state index in [0.29, 0.717) is 30.3 Å². The van der Waals surface area contributed by atoms with E-state index in [-0.39, 0.29) is 24.2 Å². The Labute approximate surface area is 176 Å². The lowest BCUT2D eigenvalue weighted by atomic mass is 10.1. The normalized spacial score (nSPS) is 15.8. The van der Waals surface area contributed by atoms with E-state index < -0.39 is 0 Å². The zero-order chi connectivity index (χ0) is 21.7. The summed E-state index contributed by atoms with van der Waals surface area (Å²) in [5.74, 6) is 0.987. The van der Waals surface area contributed by atoms with Crippen molar-refractivity contribution in [3.8, 4) is 17.2 Å². The van der Waals surface area contributed by atoms with Gasteiger partial charge in [-0.15, -0.1) is 0 Å².